The van der Waals surface area contributed by atoms with Crippen LogP contribution in [0.3, 0.4) is 0 Å². The van der Waals surface area contributed by atoms with Crippen molar-refractivity contribution >= 4 is 11.9 Å². The Labute approximate surface area is 102 Å². The Morgan fingerprint density at radius 2 is 2.06 bits per heavy atom. The molecule has 0 spiro atoms. The van der Waals surface area contributed by atoms with Crippen LogP contribution < -0.4 is 0 Å². The number of esters is 1. The number of nitrogens with zero attached hydrogens (tertiary/aromatic N) is 1. The molecule has 0 saturated carbocycles. The average Bonchev–Trinajstić information content (AvgIpc) is 2.55. The van der Waals surface area contributed by atoms with Crippen LogP contribution in [0.25, 0.3) is 0 Å². The molecule has 4 nitrogen and oxygen atoms in total. The second-order valence-corrected chi connectivity index (χ2v) is 5.99. The molecule has 2 saturated heterocycles. The van der Waals surface area contributed by atoms with Gasteiger partial charge in [-0.25, -0.2) is 0 Å². The molecule has 0 aliphatic carbocycles. The molecule has 2 aliphatic rings. The van der Waals surface area contributed by atoms with Crippen LogP contribution >= 0.6 is 0 Å². The number of fused-ring (bicyclic) bond motifs is 1. The van der Waals surface area contributed by atoms with E-state index < -0.39 is 5.60 Å². The van der Waals surface area contributed by atoms with E-state index in [1.54, 1.807) is 0 Å². The smallest absolute Gasteiger partial charge is 0.312 e. The lowest BCUT2D eigenvalue weighted by Crippen LogP contribution is -2.42. The second kappa shape index (κ2) is 4.31. The first kappa shape index (κ1) is 12.4. The van der Waals surface area contributed by atoms with Crippen molar-refractivity contribution in [2.24, 2.45) is 5.92 Å². The van der Waals surface area contributed by atoms with Crippen LogP contribution in [0.1, 0.15) is 46.5 Å². The number of piperidine rings is 1. The Balaban J connectivity index is 2.06. The zero-order chi connectivity index (χ0) is 12.6. The Bertz CT molecular complexity index is 332. The van der Waals surface area contributed by atoms with Gasteiger partial charge in [0.05, 0.1) is 5.92 Å². The van der Waals surface area contributed by atoms with E-state index in [9.17, 15) is 9.59 Å². The molecule has 0 bridgehead atoms. The number of rotatable bonds is 1. The van der Waals surface area contributed by atoms with Crippen molar-refractivity contribution in [2.45, 2.75) is 58.1 Å². The molecular weight excluding hydrogens is 218 g/mol. The van der Waals surface area contributed by atoms with Gasteiger partial charge in [0, 0.05) is 19.0 Å². The third kappa shape index (κ3) is 2.61. The summed E-state index contributed by atoms with van der Waals surface area (Å²) in [6.45, 7) is 6.39. The molecule has 0 aromatic heterocycles. The molecule has 0 aromatic rings. The van der Waals surface area contributed by atoms with Crippen molar-refractivity contribution in [2.75, 3.05) is 6.54 Å². The Morgan fingerprint density at radius 3 is 2.71 bits per heavy atom. The van der Waals surface area contributed by atoms with E-state index in [0.717, 1.165) is 25.8 Å². The van der Waals surface area contributed by atoms with Crippen molar-refractivity contribution < 1.29 is 14.3 Å². The molecule has 0 aromatic carbocycles. The minimum Gasteiger partial charge on any atom is -0.460 e. The first-order chi connectivity index (χ1) is 7.88. The first-order valence-corrected chi connectivity index (χ1v) is 6.41. The highest BCUT2D eigenvalue weighted by atomic mass is 16.6. The second-order valence-electron chi connectivity index (χ2n) is 5.99. The molecule has 2 heterocycles. The molecule has 2 aliphatic heterocycles. The van der Waals surface area contributed by atoms with Crippen molar-refractivity contribution in [3.63, 3.8) is 0 Å². The van der Waals surface area contributed by atoms with Crippen molar-refractivity contribution in [3.8, 4) is 0 Å². The van der Waals surface area contributed by atoms with Gasteiger partial charge in [0.25, 0.3) is 0 Å². The van der Waals surface area contributed by atoms with Crippen LogP contribution in [0, 0.1) is 5.92 Å². The zero-order valence-corrected chi connectivity index (χ0v) is 10.9. The van der Waals surface area contributed by atoms with E-state index >= 15 is 0 Å². The number of carbonyl (C=O) groups excluding carboxylic acids is 2. The highest BCUT2D eigenvalue weighted by molar-refractivity contribution is 5.88. The summed E-state index contributed by atoms with van der Waals surface area (Å²) in [4.78, 5) is 25.7. The van der Waals surface area contributed by atoms with E-state index in [1.807, 2.05) is 25.7 Å². The minimum absolute atomic E-state index is 0.0890. The summed E-state index contributed by atoms with van der Waals surface area (Å²) in [6, 6.07) is 0.0890. The fraction of sp³-hybridized carbons (Fsp3) is 0.846. The lowest BCUT2D eigenvalue weighted by molar-refractivity contribution is -0.161. The number of ether oxygens (including phenoxy) is 1. The molecule has 2 atom stereocenters. The molecule has 96 valence electrons. The van der Waals surface area contributed by atoms with Gasteiger partial charge in [0.1, 0.15) is 5.60 Å². The van der Waals surface area contributed by atoms with E-state index in [4.69, 9.17) is 4.74 Å². The Hall–Kier alpha value is -1.06. The van der Waals surface area contributed by atoms with Gasteiger partial charge in [-0.2, -0.15) is 0 Å². The van der Waals surface area contributed by atoms with Crippen LogP contribution in [0.5, 0.6) is 0 Å². The summed E-state index contributed by atoms with van der Waals surface area (Å²) in [7, 11) is 0. The summed E-state index contributed by atoms with van der Waals surface area (Å²) in [5, 5.41) is 0. The number of hydrogen-bond acceptors (Lipinski definition) is 3. The van der Waals surface area contributed by atoms with Gasteiger partial charge in [-0.05, 0) is 40.0 Å². The minimum atomic E-state index is -0.470. The lowest BCUT2D eigenvalue weighted by atomic mass is 9.93. The molecule has 0 unspecified atom stereocenters. The molecule has 0 N–H and O–H groups in total. The van der Waals surface area contributed by atoms with Gasteiger partial charge < -0.3 is 9.64 Å². The average molecular weight is 239 g/mol. The SMILES string of the molecule is CC(C)(C)OC(=O)[C@@H]1CC(=O)N2CCCC[C@H]12. The number of amides is 1. The summed E-state index contributed by atoms with van der Waals surface area (Å²) in [5.74, 6) is -0.340. The summed E-state index contributed by atoms with van der Waals surface area (Å²) in [5.41, 5.74) is -0.470. The van der Waals surface area contributed by atoms with Gasteiger partial charge in [0.15, 0.2) is 0 Å². The molecule has 2 rings (SSSR count). The van der Waals surface area contributed by atoms with Crippen LogP contribution in [-0.2, 0) is 14.3 Å². The summed E-state index contributed by atoms with van der Waals surface area (Å²) < 4.78 is 5.40. The van der Waals surface area contributed by atoms with Crippen LogP contribution in [0.2, 0.25) is 0 Å². The zero-order valence-electron chi connectivity index (χ0n) is 10.9. The summed E-state index contributed by atoms with van der Waals surface area (Å²) >= 11 is 0. The van der Waals surface area contributed by atoms with E-state index in [1.165, 1.54) is 0 Å². The molecule has 2 fully saturated rings. The van der Waals surface area contributed by atoms with Crippen LogP contribution in [0.4, 0.5) is 0 Å². The van der Waals surface area contributed by atoms with Gasteiger partial charge in [-0.15, -0.1) is 0 Å². The fourth-order valence-corrected chi connectivity index (χ4v) is 2.74. The highest BCUT2D eigenvalue weighted by Gasteiger charge is 2.45. The van der Waals surface area contributed by atoms with Gasteiger partial charge in [-0.1, -0.05) is 0 Å². The summed E-state index contributed by atoms with van der Waals surface area (Å²) in [6.07, 6.45) is 3.44. The maximum atomic E-state index is 12.1. The maximum absolute atomic E-state index is 12.1. The van der Waals surface area contributed by atoms with Gasteiger partial charge in [-0.3, -0.25) is 9.59 Å². The normalized spacial score (nSPS) is 29.1. The van der Waals surface area contributed by atoms with E-state index in [2.05, 4.69) is 0 Å². The van der Waals surface area contributed by atoms with Crippen LogP contribution in [0.15, 0.2) is 0 Å². The van der Waals surface area contributed by atoms with E-state index in [0.29, 0.717) is 6.42 Å². The van der Waals surface area contributed by atoms with Crippen molar-refractivity contribution in [3.05, 3.63) is 0 Å². The topological polar surface area (TPSA) is 46.6 Å². The first-order valence-electron chi connectivity index (χ1n) is 6.41. The number of carbonyl (C=O) groups is 2. The maximum Gasteiger partial charge on any atom is 0.312 e. The predicted octanol–water partition coefficient (Wildman–Crippen LogP) is 1.73. The standard InChI is InChI=1S/C13H21NO3/c1-13(2,3)17-12(16)9-8-11(15)14-7-5-4-6-10(9)14/h9-10H,4-8H2,1-3H3/t9-,10-/m1/s1. The third-order valence-corrected chi connectivity index (χ3v) is 3.44. The third-order valence-electron chi connectivity index (χ3n) is 3.44. The highest BCUT2D eigenvalue weighted by Crippen LogP contribution is 2.34. The predicted molar refractivity (Wildman–Crippen MR) is 63.3 cm³/mol. The number of hydrogen-bond donors (Lipinski definition) is 0. The molecular formula is C13H21NO3. The monoisotopic (exact) mass is 239 g/mol. The molecule has 1 amide bonds. The van der Waals surface area contributed by atoms with Crippen molar-refractivity contribution in [1.29, 1.82) is 0 Å². The molecule has 0 radical (unpaired) electrons. The Morgan fingerprint density at radius 1 is 1.35 bits per heavy atom. The van der Waals surface area contributed by atoms with Crippen LogP contribution in [-0.4, -0.2) is 35.0 Å². The fourth-order valence-electron chi connectivity index (χ4n) is 2.74. The lowest BCUT2D eigenvalue weighted by Gasteiger charge is -2.32. The van der Waals surface area contributed by atoms with Gasteiger partial charge in [0.2, 0.25) is 5.91 Å². The van der Waals surface area contributed by atoms with Crippen molar-refractivity contribution in [1.82, 2.24) is 4.90 Å². The molecule has 17 heavy (non-hydrogen) atoms. The largest absolute Gasteiger partial charge is 0.460 e. The molecule has 4 heteroatoms. The quantitative estimate of drug-likeness (QED) is 0.655. The van der Waals surface area contributed by atoms with Gasteiger partial charge >= 0.3 is 5.97 Å². The Kier molecular flexibility index (Phi) is 3.15. The van der Waals surface area contributed by atoms with E-state index in [-0.39, 0.29) is 23.8 Å².